The van der Waals surface area contributed by atoms with Gasteiger partial charge in [0.25, 0.3) is 0 Å². The molecule has 3 nitrogen and oxygen atoms in total. The van der Waals surface area contributed by atoms with E-state index in [-0.39, 0.29) is 0 Å². The zero-order valence-corrected chi connectivity index (χ0v) is 10.1. The number of anilines is 1. The van der Waals surface area contributed by atoms with Gasteiger partial charge in [-0.25, -0.2) is 0 Å². The molecule has 3 heteroatoms. The molecule has 0 saturated heterocycles. The quantitative estimate of drug-likeness (QED) is 0.851. The summed E-state index contributed by atoms with van der Waals surface area (Å²) in [5.41, 5.74) is 1.15. The number of benzene rings is 1. The van der Waals surface area contributed by atoms with Gasteiger partial charge < -0.3 is 14.8 Å². The molecule has 3 rings (SSSR count). The van der Waals surface area contributed by atoms with Gasteiger partial charge in [-0.3, -0.25) is 0 Å². The van der Waals surface area contributed by atoms with Crippen LogP contribution in [-0.4, -0.2) is 19.3 Å². The maximum Gasteiger partial charge on any atom is 0.163 e. The summed E-state index contributed by atoms with van der Waals surface area (Å²) in [4.78, 5) is 0. The van der Waals surface area contributed by atoms with Gasteiger partial charge in [-0.1, -0.05) is 12.8 Å². The van der Waals surface area contributed by atoms with E-state index >= 15 is 0 Å². The third-order valence-electron chi connectivity index (χ3n) is 3.47. The monoisotopic (exact) mass is 233 g/mol. The molecule has 92 valence electrons. The van der Waals surface area contributed by atoms with Gasteiger partial charge in [0.05, 0.1) is 13.2 Å². The van der Waals surface area contributed by atoms with Gasteiger partial charge in [0, 0.05) is 24.2 Å². The Morgan fingerprint density at radius 3 is 2.53 bits per heavy atom. The Morgan fingerprint density at radius 2 is 1.71 bits per heavy atom. The molecule has 1 aliphatic carbocycles. The third kappa shape index (κ3) is 2.48. The first-order chi connectivity index (χ1) is 8.42. The normalized spacial score (nSPS) is 20.0. The molecule has 2 aliphatic rings. The molecular formula is C14H19NO2. The fourth-order valence-electron chi connectivity index (χ4n) is 2.56. The molecule has 0 bridgehead atoms. The van der Waals surface area contributed by atoms with Gasteiger partial charge in [-0.05, 0) is 25.0 Å². The van der Waals surface area contributed by atoms with E-state index in [0.29, 0.717) is 6.04 Å². The van der Waals surface area contributed by atoms with Crippen molar-refractivity contribution < 1.29 is 9.47 Å². The van der Waals surface area contributed by atoms with Crippen molar-refractivity contribution in [1.82, 2.24) is 0 Å². The van der Waals surface area contributed by atoms with Crippen LogP contribution in [0.1, 0.15) is 32.1 Å². The topological polar surface area (TPSA) is 30.5 Å². The van der Waals surface area contributed by atoms with E-state index in [0.717, 1.165) is 36.8 Å². The van der Waals surface area contributed by atoms with Crippen molar-refractivity contribution in [2.24, 2.45) is 0 Å². The smallest absolute Gasteiger partial charge is 0.163 e. The molecule has 1 aromatic rings. The molecule has 0 aromatic heterocycles. The molecule has 0 spiro atoms. The Morgan fingerprint density at radius 1 is 0.941 bits per heavy atom. The van der Waals surface area contributed by atoms with Crippen LogP contribution in [0.4, 0.5) is 5.69 Å². The summed E-state index contributed by atoms with van der Waals surface area (Å²) in [6.45, 7) is 1.50. The molecule has 0 amide bonds. The van der Waals surface area contributed by atoms with Crippen LogP contribution in [0.2, 0.25) is 0 Å². The van der Waals surface area contributed by atoms with Crippen LogP contribution < -0.4 is 14.8 Å². The molecular weight excluding hydrogens is 214 g/mol. The molecule has 1 saturated carbocycles. The summed E-state index contributed by atoms with van der Waals surface area (Å²) in [5.74, 6) is 1.75. The van der Waals surface area contributed by atoms with Gasteiger partial charge in [0.15, 0.2) is 11.5 Å². The van der Waals surface area contributed by atoms with Crippen molar-refractivity contribution in [1.29, 1.82) is 0 Å². The first kappa shape index (κ1) is 10.8. The fourth-order valence-corrected chi connectivity index (χ4v) is 2.56. The lowest BCUT2D eigenvalue weighted by atomic mass is 10.2. The summed E-state index contributed by atoms with van der Waals surface area (Å²) in [7, 11) is 0. The summed E-state index contributed by atoms with van der Waals surface area (Å²) >= 11 is 0. The number of hydrogen-bond acceptors (Lipinski definition) is 3. The van der Waals surface area contributed by atoms with E-state index in [2.05, 4.69) is 17.4 Å². The molecule has 0 unspecified atom stereocenters. The molecule has 1 aliphatic heterocycles. The Kier molecular flexibility index (Phi) is 3.08. The fraction of sp³-hybridized carbons (Fsp3) is 0.571. The highest BCUT2D eigenvalue weighted by Crippen LogP contribution is 2.33. The van der Waals surface area contributed by atoms with Gasteiger partial charge in [-0.15, -0.1) is 0 Å². The van der Waals surface area contributed by atoms with Crippen LogP contribution in [-0.2, 0) is 0 Å². The molecule has 1 aromatic carbocycles. The zero-order chi connectivity index (χ0) is 11.5. The summed E-state index contributed by atoms with van der Waals surface area (Å²) in [6.07, 6.45) is 6.23. The average Bonchev–Trinajstić information content (AvgIpc) is 2.73. The van der Waals surface area contributed by atoms with Crippen LogP contribution in [0.15, 0.2) is 18.2 Å². The average molecular weight is 233 g/mol. The Bertz CT molecular complexity index is 386. The van der Waals surface area contributed by atoms with Crippen molar-refractivity contribution in [2.45, 2.75) is 38.1 Å². The van der Waals surface area contributed by atoms with E-state index in [1.54, 1.807) is 0 Å². The molecule has 17 heavy (non-hydrogen) atoms. The maximum atomic E-state index is 5.69. The second kappa shape index (κ2) is 4.86. The molecule has 0 atom stereocenters. The van der Waals surface area contributed by atoms with Gasteiger partial charge in [-0.2, -0.15) is 0 Å². The lowest BCUT2D eigenvalue weighted by molar-refractivity contribution is 0.297. The lowest BCUT2D eigenvalue weighted by Crippen LogP contribution is -2.14. The minimum Gasteiger partial charge on any atom is -0.490 e. The summed E-state index contributed by atoms with van der Waals surface area (Å²) in [5, 5.41) is 3.58. The predicted molar refractivity (Wildman–Crippen MR) is 67.9 cm³/mol. The Balaban J connectivity index is 1.74. The maximum absolute atomic E-state index is 5.69. The molecule has 1 heterocycles. The SMILES string of the molecule is c1cc2c(cc1NC1CCCC1)OCCCO2. The van der Waals surface area contributed by atoms with E-state index in [9.17, 15) is 0 Å². The second-order valence-corrected chi connectivity index (χ2v) is 4.84. The van der Waals surface area contributed by atoms with Gasteiger partial charge in [0.1, 0.15) is 0 Å². The molecule has 1 fully saturated rings. The molecule has 1 N–H and O–H groups in total. The van der Waals surface area contributed by atoms with E-state index in [1.807, 2.05) is 6.07 Å². The van der Waals surface area contributed by atoms with E-state index in [4.69, 9.17) is 9.47 Å². The van der Waals surface area contributed by atoms with Crippen LogP contribution >= 0.6 is 0 Å². The minimum absolute atomic E-state index is 0.639. The Hall–Kier alpha value is -1.38. The highest BCUT2D eigenvalue weighted by molar-refractivity contribution is 5.55. The van der Waals surface area contributed by atoms with Crippen molar-refractivity contribution in [3.05, 3.63) is 18.2 Å². The summed E-state index contributed by atoms with van der Waals surface area (Å²) in [6, 6.07) is 6.81. The van der Waals surface area contributed by atoms with Crippen molar-refractivity contribution in [3.8, 4) is 11.5 Å². The van der Waals surface area contributed by atoms with E-state index in [1.165, 1.54) is 25.7 Å². The van der Waals surface area contributed by atoms with Crippen LogP contribution in [0.3, 0.4) is 0 Å². The summed E-state index contributed by atoms with van der Waals surface area (Å²) < 4.78 is 11.3. The second-order valence-electron chi connectivity index (χ2n) is 4.84. The van der Waals surface area contributed by atoms with Crippen molar-refractivity contribution in [2.75, 3.05) is 18.5 Å². The highest BCUT2D eigenvalue weighted by atomic mass is 16.5. The number of hydrogen-bond donors (Lipinski definition) is 1. The third-order valence-corrected chi connectivity index (χ3v) is 3.47. The van der Waals surface area contributed by atoms with Crippen molar-refractivity contribution in [3.63, 3.8) is 0 Å². The van der Waals surface area contributed by atoms with Gasteiger partial charge in [0.2, 0.25) is 0 Å². The van der Waals surface area contributed by atoms with Crippen molar-refractivity contribution >= 4 is 5.69 Å². The van der Waals surface area contributed by atoms with Crippen LogP contribution in [0.25, 0.3) is 0 Å². The first-order valence-corrected chi connectivity index (χ1v) is 6.58. The van der Waals surface area contributed by atoms with E-state index < -0.39 is 0 Å². The predicted octanol–water partition coefficient (Wildman–Crippen LogP) is 3.20. The van der Waals surface area contributed by atoms with Gasteiger partial charge >= 0.3 is 0 Å². The Labute approximate surface area is 102 Å². The largest absolute Gasteiger partial charge is 0.490 e. The minimum atomic E-state index is 0.639. The highest BCUT2D eigenvalue weighted by Gasteiger charge is 2.16. The standard InChI is InChI=1S/C14H19NO2/c1-2-5-11(4-1)15-12-6-7-13-14(10-12)17-9-3-8-16-13/h6-7,10-11,15H,1-5,8-9H2. The number of nitrogens with one attached hydrogen (secondary N) is 1. The number of ether oxygens (including phenoxy) is 2. The van der Waals surface area contributed by atoms with Crippen LogP contribution in [0.5, 0.6) is 11.5 Å². The molecule has 0 radical (unpaired) electrons. The first-order valence-electron chi connectivity index (χ1n) is 6.58. The number of rotatable bonds is 2. The van der Waals surface area contributed by atoms with Crippen LogP contribution in [0, 0.1) is 0 Å². The lowest BCUT2D eigenvalue weighted by Gasteiger charge is -2.15. The number of fused-ring (bicyclic) bond motifs is 1. The zero-order valence-electron chi connectivity index (χ0n) is 10.1.